The third kappa shape index (κ3) is 2.95. The molecule has 3 fully saturated rings. The van der Waals surface area contributed by atoms with Gasteiger partial charge in [0, 0.05) is 6.92 Å². The summed E-state index contributed by atoms with van der Waals surface area (Å²) in [6.07, 6.45) is 11.2. The quantitative estimate of drug-likeness (QED) is 0.388. The molecule has 4 heteroatoms. The molecule has 3 saturated carbocycles. The lowest BCUT2D eigenvalue weighted by molar-refractivity contribution is -0.134. The highest BCUT2D eigenvalue weighted by atomic mass is 16.5. The second-order valence-corrected chi connectivity index (χ2v) is 9.83. The van der Waals surface area contributed by atoms with Gasteiger partial charge < -0.3 is 14.9 Å². The maximum Gasteiger partial charge on any atom is 0.316 e. The van der Waals surface area contributed by atoms with E-state index in [1.807, 2.05) is 0 Å². The molecule has 0 heterocycles. The van der Waals surface area contributed by atoms with Crippen molar-refractivity contribution in [2.24, 2.45) is 34.5 Å². The molecule has 3 unspecified atom stereocenters. The highest BCUT2D eigenvalue weighted by Crippen LogP contribution is 2.65. The van der Waals surface area contributed by atoms with Crippen LogP contribution < -0.4 is 0 Å². The predicted molar refractivity (Wildman–Crippen MR) is 102 cm³/mol. The molecular weight excluding hydrogens is 340 g/mol. The summed E-state index contributed by atoms with van der Waals surface area (Å²) in [6, 6.07) is 0. The summed E-state index contributed by atoms with van der Waals surface area (Å²) in [5, 5.41) is 21.2. The summed E-state index contributed by atoms with van der Waals surface area (Å²) in [7, 11) is 0. The number of hydrogen-bond acceptors (Lipinski definition) is 4. The zero-order valence-electron chi connectivity index (χ0n) is 16.7. The Labute approximate surface area is 162 Å². The number of fused-ring (bicyclic) bond motifs is 5. The topological polar surface area (TPSA) is 66.8 Å². The standard InChI is InChI=1S/C23H32O4/c1-14(24)27-11-8-15-12-20-18-5-4-16-13-17(25)6-9-22(16,2)19(18)7-10-23(20,3)21(15)26/h4,15,17-21,25-26H,5-7,9-10,12-13H2,1-3H3/t15?,17?,18-,19-,20+,21?,22+,23+/m1/s1. The molecule has 148 valence electrons. The highest BCUT2D eigenvalue weighted by Gasteiger charge is 2.60. The monoisotopic (exact) mass is 372 g/mol. The Morgan fingerprint density at radius 1 is 1.22 bits per heavy atom. The van der Waals surface area contributed by atoms with Crippen molar-refractivity contribution in [3.8, 4) is 12.0 Å². The lowest BCUT2D eigenvalue weighted by Crippen LogP contribution is -2.51. The fourth-order valence-electron chi connectivity index (χ4n) is 6.98. The molecule has 4 rings (SSSR count). The highest BCUT2D eigenvalue weighted by molar-refractivity contribution is 5.67. The smallest absolute Gasteiger partial charge is 0.316 e. The van der Waals surface area contributed by atoms with Gasteiger partial charge in [-0.15, -0.1) is 0 Å². The lowest BCUT2D eigenvalue weighted by Gasteiger charge is -2.57. The van der Waals surface area contributed by atoms with Gasteiger partial charge in [-0.05, 0) is 73.5 Å². The van der Waals surface area contributed by atoms with Crippen molar-refractivity contribution in [1.29, 1.82) is 0 Å². The first kappa shape index (κ1) is 19.0. The summed E-state index contributed by atoms with van der Waals surface area (Å²) in [5.74, 6) is 4.15. The number of allylic oxidation sites excluding steroid dienone is 1. The van der Waals surface area contributed by atoms with Gasteiger partial charge in [0.1, 0.15) is 6.11 Å². The van der Waals surface area contributed by atoms with Gasteiger partial charge in [0.25, 0.3) is 0 Å². The van der Waals surface area contributed by atoms with Crippen LogP contribution in [0.25, 0.3) is 0 Å². The molecule has 4 nitrogen and oxygen atoms in total. The van der Waals surface area contributed by atoms with Crippen LogP contribution in [0.5, 0.6) is 0 Å². The Balaban J connectivity index is 1.60. The molecule has 4 aliphatic carbocycles. The van der Waals surface area contributed by atoms with Crippen LogP contribution in [0.3, 0.4) is 0 Å². The van der Waals surface area contributed by atoms with Gasteiger partial charge in [-0.3, -0.25) is 4.79 Å². The Morgan fingerprint density at radius 2 is 2.00 bits per heavy atom. The molecule has 4 aliphatic rings. The zero-order valence-corrected chi connectivity index (χ0v) is 16.7. The molecule has 0 saturated heterocycles. The molecule has 2 N–H and O–H groups in total. The number of hydrogen-bond donors (Lipinski definition) is 2. The van der Waals surface area contributed by atoms with Crippen molar-refractivity contribution >= 4 is 5.97 Å². The first-order chi connectivity index (χ1) is 12.8. The summed E-state index contributed by atoms with van der Waals surface area (Å²) in [4.78, 5) is 11.0. The molecule has 0 radical (unpaired) electrons. The van der Waals surface area contributed by atoms with E-state index in [0.29, 0.717) is 17.8 Å². The molecule has 0 aromatic rings. The average Bonchev–Trinajstić information content (AvgIpc) is 2.87. The van der Waals surface area contributed by atoms with Crippen molar-refractivity contribution in [3.63, 3.8) is 0 Å². The van der Waals surface area contributed by atoms with Crippen LogP contribution in [-0.2, 0) is 9.53 Å². The first-order valence-corrected chi connectivity index (χ1v) is 10.5. The van der Waals surface area contributed by atoms with Crippen molar-refractivity contribution in [1.82, 2.24) is 0 Å². The van der Waals surface area contributed by atoms with Crippen LogP contribution >= 0.6 is 0 Å². The van der Waals surface area contributed by atoms with Gasteiger partial charge in [-0.2, -0.15) is 0 Å². The van der Waals surface area contributed by atoms with Crippen molar-refractivity contribution in [2.75, 3.05) is 0 Å². The zero-order chi connectivity index (χ0) is 19.4. The second-order valence-electron chi connectivity index (χ2n) is 9.83. The van der Waals surface area contributed by atoms with E-state index in [4.69, 9.17) is 4.74 Å². The molecular formula is C23H32O4. The minimum Gasteiger partial charge on any atom is -0.393 e. The Morgan fingerprint density at radius 3 is 2.74 bits per heavy atom. The summed E-state index contributed by atoms with van der Waals surface area (Å²) in [5.41, 5.74) is 1.57. The minimum atomic E-state index is -0.460. The SMILES string of the molecule is CC(=O)OC#CC1C[C@H]2[C@@H]3CC=C4CC(O)CC[C@]4(C)[C@@H]3CC[C@]2(C)C1O. The third-order valence-electron chi connectivity index (χ3n) is 8.52. The van der Waals surface area contributed by atoms with E-state index in [9.17, 15) is 15.0 Å². The second kappa shape index (κ2) is 6.64. The van der Waals surface area contributed by atoms with E-state index in [1.54, 1.807) is 0 Å². The van der Waals surface area contributed by atoms with E-state index in [0.717, 1.165) is 44.9 Å². The number of ether oxygens (including phenoxy) is 1. The number of carbonyl (C=O) groups excluding carboxylic acids is 1. The molecule has 0 amide bonds. The van der Waals surface area contributed by atoms with Gasteiger partial charge in [-0.25, -0.2) is 0 Å². The number of aliphatic hydroxyl groups excluding tert-OH is 2. The molecule has 0 aliphatic heterocycles. The van der Waals surface area contributed by atoms with Crippen LogP contribution in [0.4, 0.5) is 0 Å². The van der Waals surface area contributed by atoms with Crippen molar-refractivity contribution in [2.45, 2.75) is 77.9 Å². The van der Waals surface area contributed by atoms with Crippen LogP contribution in [0, 0.1) is 46.5 Å². The van der Waals surface area contributed by atoms with Gasteiger partial charge >= 0.3 is 5.97 Å². The lowest BCUT2D eigenvalue weighted by atomic mass is 9.48. The molecule has 0 aromatic carbocycles. The number of esters is 1. The predicted octanol–water partition coefficient (Wildman–Crippen LogP) is 3.42. The van der Waals surface area contributed by atoms with E-state index in [1.165, 1.54) is 12.5 Å². The molecule has 0 bridgehead atoms. The van der Waals surface area contributed by atoms with E-state index < -0.39 is 12.1 Å². The van der Waals surface area contributed by atoms with E-state index in [-0.39, 0.29) is 22.9 Å². The van der Waals surface area contributed by atoms with Gasteiger partial charge in [0.15, 0.2) is 0 Å². The fraction of sp³-hybridized carbons (Fsp3) is 0.783. The van der Waals surface area contributed by atoms with Gasteiger partial charge in [0.2, 0.25) is 0 Å². The maximum absolute atomic E-state index is 11.0. The molecule has 8 atom stereocenters. The number of carbonyl (C=O) groups is 1. The Bertz CT molecular complexity index is 716. The largest absolute Gasteiger partial charge is 0.393 e. The summed E-state index contributed by atoms with van der Waals surface area (Å²) < 4.78 is 4.80. The van der Waals surface area contributed by atoms with Crippen molar-refractivity contribution in [3.05, 3.63) is 11.6 Å². The summed E-state index contributed by atoms with van der Waals surface area (Å²) in [6.45, 7) is 5.99. The van der Waals surface area contributed by atoms with Crippen LogP contribution in [0.15, 0.2) is 11.6 Å². The molecule has 0 aromatic heterocycles. The average molecular weight is 373 g/mol. The van der Waals surface area contributed by atoms with Gasteiger partial charge in [0.05, 0.1) is 18.1 Å². The number of rotatable bonds is 0. The Hall–Kier alpha value is -1.31. The van der Waals surface area contributed by atoms with Crippen LogP contribution in [0.1, 0.15) is 65.7 Å². The van der Waals surface area contributed by atoms with E-state index in [2.05, 4.69) is 32.0 Å². The van der Waals surface area contributed by atoms with Crippen molar-refractivity contribution < 1.29 is 19.7 Å². The normalized spacial score (nSPS) is 48.3. The third-order valence-corrected chi connectivity index (χ3v) is 8.52. The van der Waals surface area contributed by atoms with Crippen LogP contribution in [-0.4, -0.2) is 28.4 Å². The summed E-state index contributed by atoms with van der Waals surface area (Å²) >= 11 is 0. The fourth-order valence-corrected chi connectivity index (χ4v) is 6.98. The Kier molecular flexibility index (Phi) is 4.68. The first-order valence-electron chi connectivity index (χ1n) is 10.5. The molecule has 27 heavy (non-hydrogen) atoms. The maximum atomic E-state index is 11.0. The van der Waals surface area contributed by atoms with Crippen LogP contribution in [0.2, 0.25) is 0 Å². The minimum absolute atomic E-state index is 0.105. The van der Waals surface area contributed by atoms with Gasteiger partial charge in [-0.1, -0.05) is 31.4 Å². The molecule has 0 spiro atoms. The van der Waals surface area contributed by atoms with E-state index >= 15 is 0 Å². The number of aliphatic hydroxyl groups is 2.